The topological polar surface area (TPSA) is 58.2 Å². The van der Waals surface area contributed by atoms with Crippen molar-refractivity contribution in [3.63, 3.8) is 0 Å². The molecule has 0 aromatic rings. The Balaban J connectivity index is 2.37. The quantitative estimate of drug-likeness (QED) is 0.431. The molecule has 10 heavy (non-hydrogen) atoms. The number of nitrogens with one attached hydrogen (secondary N) is 2. The van der Waals surface area contributed by atoms with Gasteiger partial charge < -0.3 is 10.7 Å². The van der Waals surface area contributed by atoms with Gasteiger partial charge in [0.05, 0.1) is 12.1 Å². The van der Waals surface area contributed by atoms with Gasteiger partial charge in [0, 0.05) is 18.7 Å². The van der Waals surface area contributed by atoms with E-state index in [1.807, 2.05) is 6.92 Å². The van der Waals surface area contributed by atoms with Gasteiger partial charge in [-0.05, 0) is 13.6 Å². The minimum atomic E-state index is 0.119. The molecule has 56 valence electrons. The molecule has 0 amide bonds. The van der Waals surface area contributed by atoms with Gasteiger partial charge in [-0.1, -0.05) is 0 Å². The molecule has 1 atom stereocenters. The second-order valence-electron chi connectivity index (χ2n) is 2.97. The van der Waals surface area contributed by atoms with E-state index in [0.717, 1.165) is 19.5 Å². The van der Waals surface area contributed by atoms with E-state index in [1.165, 1.54) is 0 Å². The lowest BCUT2D eigenvalue weighted by atomic mass is 10.0. The summed E-state index contributed by atoms with van der Waals surface area (Å²) in [5, 5.41) is 10.5. The largest absolute Gasteiger partial charge is 0.310 e. The summed E-state index contributed by atoms with van der Waals surface area (Å²) in [6, 6.07) is 0. The molecule has 0 spiro atoms. The van der Waals surface area contributed by atoms with Crippen LogP contribution in [0.15, 0.2) is 4.99 Å². The minimum absolute atomic E-state index is 0.119. The van der Waals surface area contributed by atoms with E-state index in [2.05, 4.69) is 17.0 Å². The van der Waals surface area contributed by atoms with Crippen molar-refractivity contribution < 1.29 is 0 Å². The molecule has 0 saturated carbocycles. The predicted octanol–water partition coefficient (Wildman–Crippen LogP) is 0.459. The smallest absolute Gasteiger partial charge is 0.0580 e. The minimum Gasteiger partial charge on any atom is -0.310 e. The summed E-state index contributed by atoms with van der Waals surface area (Å²) < 4.78 is 0. The van der Waals surface area contributed by atoms with E-state index in [0.29, 0.717) is 5.71 Å². The van der Waals surface area contributed by atoms with Crippen LogP contribution < -0.4 is 5.32 Å². The van der Waals surface area contributed by atoms with Crippen molar-refractivity contribution in [3.8, 4) is 0 Å². The van der Waals surface area contributed by atoms with Crippen LogP contribution in [0, 0.1) is 5.41 Å². The van der Waals surface area contributed by atoms with Gasteiger partial charge in [-0.3, -0.25) is 4.99 Å². The van der Waals surface area contributed by atoms with Gasteiger partial charge >= 0.3 is 0 Å². The standard InChI is InChI=1S/C7H13N3/c1-6(8)3-7(4-9-2)5-10-7/h8,10H,2-5H2,1H3. The molecule has 3 nitrogen and oxygen atoms in total. The van der Waals surface area contributed by atoms with Crippen LogP contribution in [0.25, 0.3) is 0 Å². The normalized spacial score (nSPS) is 29.7. The van der Waals surface area contributed by atoms with E-state index >= 15 is 0 Å². The Morgan fingerprint density at radius 1 is 1.90 bits per heavy atom. The fraction of sp³-hybridized carbons (Fsp3) is 0.714. The molecule has 3 heteroatoms. The molecular weight excluding hydrogens is 126 g/mol. The summed E-state index contributed by atoms with van der Waals surface area (Å²) in [5.41, 5.74) is 0.835. The fourth-order valence-corrected chi connectivity index (χ4v) is 1.14. The highest BCUT2D eigenvalue weighted by Crippen LogP contribution is 2.21. The third-order valence-corrected chi connectivity index (χ3v) is 1.69. The molecule has 1 aliphatic heterocycles. The molecule has 1 fully saturated rings. The average Bonchev–Trinajstić information content (AvgIpc) is 2.47. The zero-order valence-electron chi connectivity index (χ0n) is 6.28. The molecule has 1 saturated heterocycles. The molecule has 0 aliphatic carbocycles. The number of hydrogen-bond acceptors (Lipinski definition) is 3. The number of rotatable bonds is 4. The Morgan fingerprint density at radius 2 is 2.50 bits per heavy atom. The number of nitrogens with zero attached hydrogens (tertiary/aromatic N) is 1. The van der Waals surface area contributed by atoms with Crippen molar-refractivity contribution in [2.45, 2.75) is 18.9 Å². The first-order valence-electron chi connectivity index (χ1n) is 3.40. The van der Waals surface area contributed by atoms with Crippen molar-refractivity contribution in [1.82, 2.24) is 5.32 Å². The third-order valence-electron chi connectivity index (χ3n) is 1.69. The zero-order valence-corrected chi connectivity index (χ0v) is 6.28. The van der Waals surface area contributed by atoms with Gasteiger partial charge in [0.15, 0.2) is 0 Å². The lowest BCUT2D eigenvalue weighted by molar-refractivity contribution is 0.665. The Bertz CT molecular complexity index is 158. The second kappa shape index (κ2) is 2.50. The summed E-state index contributed by atoms with van der Waals surface area (Å²) >= 11 is 0. The molecule has 0 radical (unpaired) electrons. The van der Waals surface area contributed by atoms with Crippen LogP contribution in [-0.4, -0.2) is 31.1 Å². The van der Waals surface area contributed by atoms with E-state index in [4.69, 9.17) is 5.41 Å². The van der Waals surface area contributed by atoms with Gasteiger partial charge in [-0.15, -0.1) is 0 Å². The van der Waals surface area contributed by atoms with E-state index in [9.17, 15) is 0 Å². The monoisotopic (exact) mass is 139 g/mol. The maximum absolute atomic E-state index is 7.27. The molecule has 1 rings (SSSR count). The van der Waals surface area contributed by atoms with Crippen molar-refractivity contribution in [2.24, 2.45) is 4.99 Å². The van der Waals surface area contributed by atoms with Crippen LogP contribution in [0.3, 0.4) is 0 Å². The highest BCUT2D eigenvalue weighted by molar-refractivity contribution is 5.80. The molecule has 0 aromatic carbocycles. The molecule has 1 aliphatic rings. The van der Waals surface area contributed by atoms with Crippen molar-refractivity contribution in [2.75, 3.05) is 13.1 Å². The molecular formula is C7H13N3. The van der Waals surface area contributed by atoms with Gasteiger partial charge in [0.2, 0.25) is 0 Å². The first-order chi connectivity index (χ1) is 4.68. The first kappa shape index (κ1) is 7.41. The van der Waals surface area contributed by atoms with Crippen molar-refractivity contribution in [1.29, 1.82) is 5.41 Å². The Morgan fingerprint density at radius 3 is 2.80 bits per heavy atom. The molecule has 0 bridgehead atoms. The average molecular weight is 139 g/mol. The summed E-state index contributed by atoms with van der Waals surface area (Å²) in [7, 11) is 0. The Hall–Kier alpha value is -0.700. The predicted molar refractivity (Wildman–Crippen MR) is 43.2 cm³/mol. The number of aliphatic imine (C=N–C) groups is 1. The fourth-order valence-electron chi connectivity index (χ4n) is 1.14. The zero-order chi connectivity index (χ0) is 7.61. The van der Waals surface area contributed by atoms with Crippen molar-refractivity contribution >= 4 is 12.4 Å². The molecule has 2 N–H and O–H groups in total. The van der Waals surface area contributed by atoms with Crippen LogP contribution in [0.1, 0.15) is 13.3 Å². The lowest BCUT2D eigenvalue weighted by Gasteiger charge is -2.07. The van der Waals surface area contributed by atoms with Gasteiger partial charge in [-0.25, -0.2) is 0 Å². The maximum atomic E-state index is 7.27. The maximum Gasteiger partial charge on any atom is 0.0580 e. The highest BCUT2D eigenvalue weighted by atomic mass is 15.2. The summed E-state index contributed by atoms with van der Waals surface area (Å²) in [6.07, 6.45) is 0.812. The van der Waals surface area contributed by atoms with Gasteiger partial charge in [0.25, 0.3) is 0 Å². The third kappa shape index (κ3) is 1.64. The number of hydrogen-bond donors (Lipinski definition) is 2. The Labute approximate surface area is 61.1 Å². The highest BCUT2D eigenvalue weighted by Gasteiger charge is 2.41. The van der Waals surface area contributed by atoms with Crippen LogP contribution in [0.2, 0.25) is 0 Å². The van der Waals surface area contributed by atoms with Crippen LogP contribution in [0.4, 0.5) is 0 Å². The first-order valence-corrected chi connectivity index (χ1v) is 3.40. The van der Waals surface area contributed by atoms with Gasteiger partial charge in [0.1, 0.15) is 0 Å². The molecule has 0 aromatic heterocycles. The summed E-state index contributed by atoms with van der Waals surface area (Å²) in [6.45, 7) is 6.98. The summed E-state index contributed by atoms with van der Waals surface area (Å²) in [5.74, 6) is 0. The van der Waals surface area contributed by atoms with E-state index in [-0.39, 0.29) is 5.54 Å². The molecule has 1 heterocycles. The van der Waals surface area contributed by atoms with E-state index in [1.54, 1.807) is 0 Å². The Kier molecular flexibility index (Phi) is 1.85. The van der Waals surface area contributed by atoms with Crippen LogP contribution >= 0.6 is 0 Å². The van der Waals surface area contributed by atoms with Crippen LogP contribution in [-0.2, 0) is 0 Å². The SMILES string of the molecule is C=NCC1(CC(C)=N)CN1. The van der Waals surface area contributed by atoms with Crippen LogP contribution in [0.5, 0.6) is 0 Å². The summed E-state index contributed by atoms with van der Waals surface area (Å²) in [4.78, 5) is 3.81. The lowest BCUT2D eigenvalue weighted by Crippen LogP contribution is -2.22. The van der Waals surface area contributed by atoms with E-state index < -0.39 is 0 Å². The molecule has 1 unspecified atom stereocenters. The van der Waals surface area contributed by atoms with Gasteiger partial charge in [-0.2, -0.15) is 0 Å². The van der Waals surface area contributed by atoms with Crippen molar-refractivity contribution in [3.05, 3.63) is 0 Å². The second-order valence-corrected chi connectivity index (χ2v) is 2.97.